The van der Waals surface area contributed by atoms with Gasteiger partial charge in [0.2, 0.25) is 0 Å². The molecule has 2 aromatic rings. The van der Waals surface area contributed by atoms with Crippen molar-refractivity contribution in [3.05, 3.63) is 73.8 Å². The number of esters is 2. The monoisotopic (exact) mass is 498 g/mol. The summed E-state index contributed by atoms with van der Waals surface area (Å²) in [6, 6.07) is 14.5. The minimum Gasteiger partial charge on any atom is -0.458 e. The van der Waals surface area contributed by atoms with Crippen LogP contribution in [0.2, 0.25) is 0 Å². The van der Waals surface area contributed by atoms with Crippen LogP contribution in [0.4, 0.5) is 0 Å². The van der Waals surface area contributed by atoms with E-state index in [2.05, 4.69) is 38.5 Å². The van der Waals surface area contributed by atoms with Gasteiger partial charge in [0.25, 0.3) is 0 Å². The second kappa shape index (κ2) is 7.48. The van der Waals surface area contributed by atoms with Gasteiger partial charge in [0, 0.05) is 8.04 Å². The molecule has 1 unspecified atom stereocenters. The van der Waals surface area contributed by atoms with E-state index in [1.165, 1.54) is 0 Å². The quantitative estimate of drug-likeness (QED) is 0.468. The van der Waals surface area contributed by atoms with Gasteiger partial charge in [-0.3, -0.25) is 0 Å². The third-order valence-corrected chi connectivity index (χ3v) is 4.57. The summed E-state index contributed by atoms with van der Waals surface area (Å²) in [7, 11) is 0. The van der Waals surface area contributed by atoms with E-state index in [-0.39, 0.29) is 6.61 Å². The highest BCUT2D eigenvalue weighted by molar-refractivity contribution is 14.1. The van der Waals surface area contributed by atoms with Crippen molar-refractivity contribution in [2.24, 2.45) is 0 Å². The van der Waals surface area contributed by atoms with Crippen LogP contribution in [0.5, 0.6) is 0 Å². The van der Waals surface area contributed by atoms with E-state index in [9.17, 15) is 9.59 Å². The molecule has 6 heteroatoms. The maximum atomic E-state index is 12.0. The number of ether oxygens (including phenoxy) is 2. The standard InChI is InChI=1S/C18H12BrIO4/c19-13-5-1-3-11(7-13)16-9-15(24-18(16)22)10-23-17(21)12-4-2-6-14(20)8-12/h1-9,15H,10H2. The molecule has 0 saturated carbocycles. The SMILES string of the molecule is O=C1OC(COC(=O)c2cccc(I)c2)C=C1c1cccc(Br)c1. The van der Waals surface area contributed by atoms with Crippen LogP contribution in [0.25, 0.3) is 5.57 Å². The van der Waals surface area contributed by atoms with Gasteiger partial charge in [-0.05, 0) is 64.6 Å². The van der Waals surface area contributed by atoms with Gasteiger partial charge < -0.3 is 9.47 Å². The Morgan fingerprint density at radius 1 is 1.21 bits per heavy atom. The molecule has 0 aromatic heterocycles. The molecule has 24 heavy (non-hydrogen) atoms. The van der Waals surface area contributed by atoms with Crippen LogP contribution in [-0.2, 0) is 14.3 Å². The molecule has 1 heterocycles. The summed E-state index contributed by atoms with van der Waals surface area (Å²) in [5, 5.41) is 0. The minimum absolute atomic E-state index is 0.00640. The highest BCUT2D eigenvalue weighted by atomic mass is 127. The highest BCUT2D eigenvalue weighted by Crippen LogP contribution is 2.26. The summed E-state index contributed by atoms with van der Waals surface area (Å²) in [5.74, 6) is -0.850. The van der Waals surface area contributed by atoms with Gasteiger partial charge in [-0.1, -0.05) is 34.1 Å². The Hall–Kier alpha value is -1.67. The van der Waals surface area contributed by atoms with Crippen molar-refractivity contribution in [1.82, 2.24) is 0 Å². The van der Waals surface area contributed by atoms with Gasteiger partial charge in [0.1, 0.15) is 6.61 Å². The molecule has 0 radical (unpaired) electrons. The zero-order valence-corrected chi connectivity index (χ0v) is 16.1. The number of halogens is 2. The van der Waals surface area contributed by atoms with Crippen LogP contribution in [0.15, 0.2) is 59.1 Å². The minimum atomic E-state index is -0.571. The maximum Gasteiger partial charge on any atom is 0.339 e. The summed E-state index contributed by atoms with van der Waals surface area (Å²) in [6.07, 6.45) is 1.12. The van der Waals surface area contributed by atoms with Gasteiger partial charge in [-0.25, -0.2) is 9.59 Å². The Kier molecular flexibility index (Phi) is 5.35. The fourth-order valence-corrected chi connectivity index (χ4v) is 3.24. The number of carbonyl (C=O) groups excluding carboxylic acids is 2. The Balaban J connectivity index is 1.66. The van der Waals surface area contributed by atoms with Gasteiger partial charge in [0.15, 0.2) is 6.10 Å². The Labute approximate surface area is 161 Å². The van der Waals surface area contributed by atoms with Crippen molar-refractivity contribution in [1.29, 1.82) is 0 Å². The fraction of sp³-hybridized carbons (Fsp3) is 0.111. The molecule has 0 N–H and O–H groups in total. The van der Waals surface area contributed by atoms with Crippen LogP contribution >= 0.6 is 38.5 Å². The average Bonchev–Trinajstić information content (AvgIpc) is 2.93. The molecule has 0 aliphatic carbocycles. The first kappa shape index (κ1) is 17.2. The average molecular weight is 499 g/mol. The molecule has 0 fully saturated rings. The van der Waals surface area contributed by atoms with Crippen LogP contribution in [-0.4, -0.2) is 24.6 Å². The van der Waals surface area contributed by atoms with Crippen molar-refractivity contribution in [2.45, 2.75) is 6.10 Å². The van der Waals surface area contributed by atoms with Crippen LogP contribution in [0.3, 0.4) is 0 Å². The summed E-state index contributed by atoms with van der Waals surface area (Å²) in [4.78, 5) is 24.0. The molecule has 0 saturated heterocycles. The predicted octanol–water partition coefficient (Wildman–Crippen LogP) is 4.22. The second-order valence-electron chi connectivity index (χ2n) is 5.14. The third kappa shape index (κ3) is 4.05. The number of hydrogen-bond donors (Lipinski definition) is 0. The lowest BCUT2D eigenvalue weighted by Crippen LogP contribution is -2.18. The summed E-state index contributed by atoms with van der Waals surface area (Å²) < 4.78 is 12.3. The molecule has 1 aliphatic heterocycles. The van der Waals surface area contributed by atoms with Gasteiger partial charge in [0.05, 0.1) is 11.1 Å². The van der Waals surface area contributed by atoms with Crippen LogP contribution < -0.4 is 0 Å². The van der Waals surface area contributed by atoms with Crippen molar-refractivity contribution < 1.29 is 19.1 Å². The van der Waals surface area contributed by atoms with Crippen molar-refractivity contribution in [2.75, 3.05) is 6.61 Å². The Morgan fingerprint density at radius 3 is 2.75 bits per heavy atom. The third-order valence-electron chi connectivity index (χ3n) is 3.41. The maximum absolute atomic E-state index is 12.0. The molecule has 0 spiro atoms. The van der Waals surface area contributed by atoms with E-state index in [4.69, 9.17) is 9.47 Å². The molecule has 122 valence electrons. The molecule has 0 bridgehead atoms. The molecule has 1 aliphatic rings. The van der Waals surface area contributed by atoms with Gasteiger partial charge in [-0.2, -0.15) is 0 Å². The summed E-state index contributed by atoms with van der Waals surface area (Å²) in [6.45, 7) is -0.00640. The normalized spacial score (nSPS) is 16.5. The molecular weight excluding hydrogens is 487 g/mol. The molecule has 3 rings (SSSR count). The van der Waals surface area contributed by atoms with Crippen LogP contribution in [0, 0.1) is 3.57 Å². The molecule has 2 aromatic carbocycles. The van der Waals surface area contributed by atoms with E-state index in [1.807, 2.05) is 30.3 Å². The van der Waals surface area contributed by atoms with Crippen molar-refractivity contribution in [3.8, 4) is 0 Å². The zero-order chi connectivity index (χ0) is 17.1. The first-order valence-corrected chi connectivity index (χ1v) is 9.01. The lowest BCUT2D eigenvalue weighted by Gasteiger charge is -2.09. The number of benzene rings is 2. The van der Waals surface area contributed by atoms with Crippen molar-refractivity contribution in [3.63, 3.8) is 0 Å². The molecular formula is C18H12BrIO4. The first-order valence-electron chi connectivity index (χ1n) is 7.14. The van der Waals surface area contributed by atoms with E-state index < -0.39 is 18.0 Å². The van der Waals surface area contributed by atoms with E-state index in [0.29, 0.717) is 11.1 Å². The van der Waals surface area contributed by atoms with Crippen LogP contribution in [0.1, 0.15) is 15.9 Å². The molecule has 1 atom stereocenters. The zero-order valence-electron chi connectivity index (χ0n) is 12.4. The molecule has 0 amide bonds. The number of rotatable bonds is 4. The second-order valence-corrected chi connectivity index (χ2v) is 7.30. The number of hydrogen-bond acceptors (Lipinski definition) is 4. The number of carbonyl (C=O) groups is 2. The van der Waals surface area contributed by atoms with Gasteiger partial charge in [-0.15, -0.1) is 0 Å². The smallest absolute Gasteiger partial charge is 0.339 e. The Morgan fingerprint density at radius 2 is 2.00 bits per heavy atom. The van der Waals surface area contributed by atoms with Gasteiger partial charge >= 0.3 is 11.9 Å². The predicted molar refractivity (Wildman–Crippen MR) is 101 cm³/mol. The van der Waals surface area contributed by atoms with E-state index >= 15 is 0 Å². The first-order chi connectivity index (χ1) is 11.5. The van der Waals surface area contributed by atoms with Crippen molar-refractivity contribution >= 4 is 56.0 Å². The lowest BCUT2D eigenvalue weighted by molar-refractivity contribution is -0.139. The largest absolute Gasteiger partial charge is 0.458 e. The lowest BCUT2D eigenvalue weighted by atomic mass is 10.1. The molecule has 4 nitrogen and oxygen atoms in total. The number of cyclic esters (lactones) is 1. The highest BCUT2D eigenvalue weighted by Gasteiger charge is 2.27. The van der Waals surface area contributed by atoms with E-state index in [1.54, 1.807) is 24.3 Å². The van der Waals surface area contributed by atoms with E-state index in [0.717, 1.165) is 13.6 Å². The fourth-order valence-electron chi connectivity index (χ4n) is 2.30. The Bertz CT molecular complexity index is 831. The summed E-state index contributed by atoms with van der Waals surface area (Å²) >= 11 is 5.51. The topological polar surface area (TPSA) is 52.6 Å². The summed E-state index contributed by atoms with van der Waals surface area (Å²) in [5.41, 5.74) is 1.72.